The van der Waals surface area contributed by atoms with E-state index in [1.807, 2.05) is 18.2 Å². The van der Waals surface area contributed by atoms with Gasteiger partial charge in [-0.15, -0.1) is 0 Å². The Morgan fingerprint density at radius 1 is 1.12 bits per heavy atom. The molecule has 0 heterocycles. The fourth-order valence-corrected chi connectivity index (χ4v) is 1.64. The molecule has 84 valence electrons. The monoisotopic (exact) mass is 225 g/mol. The van der Waals surface area contributed by atoms with Crippen LogP contribution in [0, 0.1) is 11.3 Å². The second-order valence-electron chi connectivity index (χ2n) is 3.61. The van der Waals surface area contributed by atoms with Crippen LogP contribution in [0.4, 0.5) is 0 Å². The normalized spacial score (nSPS) is 9.65. The van der Waals surface area contributed by atoms with Crippen LogP contribution >= 0.6 is 0 Å². The molecule has 0 radical (unpaired) electrons. The summed E-state index contributed by atoms with van der Waals surface area (Å²) in [5.74, 6) is 0.726. The molecule has 2 rings (SSSR count). The van der Waals surface area contributed by atoms with Gasteiger partial charge in [0.25, 0.3) is 0 Å². The van der Waals surface area contributed by atoms with Gasteiger partial charge in [0.1, 0.15) is 11.5 Å². The Kier molecular flexibility index (Phi) is 2.97. The first-order valence-corrected chi connectivity index (χ1v) is 5.11. The molecule has 0 amide bonds. The van der Waals surface area contributed by atoms with E-state index in [-0.39, 0.29) is 5.75 Å². The van der Waals surface area contributed by atoms with E-state index in [9.17, 15) is 5.11 Å². The minimum atomic E-state index is 0.140. The lowest BCUT2D eigenvalue weighted by molar-refractivity contribution is 0.408. The molecule has 0 saturated heterocycles. The predicted octanol–water partition coefficient (Wildman–Crippen LogP) is 2.94. The Morgan fingerprint density at radius 2 is 1.94 bits per heavy atom. The lowest BCUT2D eigenvalue weighted by Gasteiger charge is -2.06. The predicted molar refractivity (Wildman–Crippen MR) is 64.8 cm³/mol. The Morgan fingerprint density at radius 3 is 2.65 bits per heavy atom. The smallest absolute Gasteiger partial charge is 0.123 e. The first-order valence-electron chi connectivity index (χ1n) is 5.11. The molecule has 0 aliphatic heterocycles. The molecule has 0 aromatic heterocycles. The van der Waals surface area contributed by atoms with Gasteiger partial charge in [0.15, 0.2) is 0 Å². The van der Waals surface area contributed by atoms with Gasteiger partial charge in [-0.3, -0.25) is 0 Å². The van der Waals surface area contributed by atoms with Crippen LogP contribution in [-0.4, -0.2) is 12.2 Å². The van der Waals surface area contributed by atoms with Crippen molar-refractivity contribution in [2.75, 3.05) is 7.11 Å². The Balaban J connectivity index is 2.52. The van der Waals surface area contributed by atoms with Crippen molar-refractivity contribution in [1.29, 1.82) is 5.26 Å². The first-order chi connectivity index (χ1) is 8.22. The zero-order valence-electron chi connectivity index (χ0n) is 9.34. The average molecular weight is 225 g/mol. The number of phenols is 1. The van der Waals surface area contributed by atoms with E-state index >= 15 is 0 Å². The Labute approximate surface area is 99.5 Å². The van der Waals surface area contributed by atoms with Crippen molar-refractivity contribution in [3.63, 3.8) is 0 Å². The lowest BCUT2D eigenvalue weighted by atomic mass is 10.0. The second kappa shape index (κ2) is 4.58. The first kappa shape index (κ1) is 11.0. The molecular weight excluding hydrogens is 214 g/mol. The van der Waals surface area contributed by atoms with E-state index in [0.29, 0.717) is 11.3 Å². The van der Waals surface area contributed by atoms with Crippen LogP contribution in [0.15, 0.2) is 42.5 Å². The summed E-state index contributed by atoms with van der Waals surface area (Å²) in [6.07, 6.45) is 0. The van der Waals surface area contributed by atoms with Gasteiger partial charge in [-0.1, -0.05) is 12.1 Å². The highest BCUT2D eigenvalue weighted by molar-refractivity contribution is 5.68. The van der Waals surface area contributed by atoms with Crippen molar-refractivity contribution in [3.05, 3.63) is 48.0 Å². The van der Waals surface area contributed by atoms with Crippen LogP contribution in [0.1, 0.15) is 5.56 Å². The van der Waals surface area contributed by atoms with E-state index in [1.54, 1.807) is 25.3 Å². The number of phenolic OH excluding ortho intramolecular Hbond substituents is 1. The summed E-state index contributed by atoms with van der Waals surface area (Å²) in [5.41, 5.74) is 2.28. The van der Waals surface area contributed by atoms with Gasteiger partial charge < -0.3 is 9.84 Å². The highest BCUT2D eigenvalue weighted by atomic mass is 16.5. The molecule has 0 saturated carbocycles. The molecule has 2 aromatic carbocycles. The Bertz CT molecular complexity index is 585. The number of nitriles is 1. The van der Waals surface area contributed by atoms with E-state index in [2.05, 4.69) is 6.07 Å². The molecule has 3 heteroatoms. The number of methoxy groups -OCH3 is 1. The van der Waals surface area contributed by atoms with Crippen molar-refractivity contribution in [2.45, 2.75) is 0 Å². The van der Waals surface area contributed by atoms with Crippen molar-refractivity contribution < 1.29 is 9.84 Å². The van der Waals surface area contributed by atoms with Crippen LogP contribution in [0.3, 0.4) is 0 Å². The molecule has 0 unspecified atom stereocenters. The highest BCUT2D eigenvalue weighted by Gasteiger charge is 2.03. The number of ether oxygens (including phenoxy) is 1. The summed E-state index contributed by atoms with van der Waals surface area (Å²) in [4.78, 5) is 0. The summed E-state index contributed by atoms with van der Waals surface area (Å²) >= 11 is 0. The number of rotatable bonds is 2. The summed E-state index contributed by atoms with van der Waals surface area (Å²) < 4.78 is 5.09. The van der Waals surface area contributed by atoms with Gasteiger partial charge in [-0.25, -0.2) is 0 Å². The average Bonchev–Trinajstić information content (AvgIpc) is 2.38. The molecular formula is C14H11NO2. The van der Waals surface area contributed by atoms with Gasteiger partial charge in [0, 0.05) is 6.07 Å². The molecule has 1 N–H and O–H groups in total. The molecule has 2 aromatic rings. The molecule has 17 heavy (non-hydrogen) atoms. The molecule has 0 aliphatic rings. The summed E-state index contributed by atoms with van der Waals surface area (Å²) in [5, 5.41) is 18.4. The molecule has 0 aliphatic carbocycles. The number of benzene rings is 2. The van der Waals surface area contributed by atoms with Gasteiger partial charge >= 0.3 is 0 Å². The van der Waals surface area contributed by atoms with Crippen molar-refractivity contribution in [1.82, 2.24) is 0 Å². The molecule has 0 fully saturated rings. The van der Waals surface area contributed by atoms with Crippen molar-refractivity contribution >= 4 is 0 Å². The largest absolute Gasteiger partial charge is 0.508 e. The summed E-state index contributed by atoms with van der Waals surface area (Å²) in [6, 6.07) is 14.3. The van der Waals surface area contributed by atoms with Crippen LogP contribution in [0.5, 0.6) is 11.5 Å². The molecule has 0 atom stereocenters. The van der Waals surface area contributed by atoms with Crippen LogP contribution in [0.25, 0.3) is 11.1 Å². The van der Waals surface area contributed by atoms with Crippen molar-refractivity contribution in [3.8, 4) is 28.7 Å². The summed E-state index contributed by atoms with van der Waals surface area (Å²) in [6.45, 7) is 0. The maximum Gasteiger partial charge on any atom is 0.123 e. The standard InChI is InChI=1S/C14H11NO2/c1-17-14-7-12(6-13(16)8-14)11-4-2-3-10(5-11)9-15/h2-8,16H,1H3. The number of nitrogens with zero attached hydrogens (tertiary/aromatic N) is 1. The van der Waals surface area contributed by atoms with Gasteiger partial charge in [0.2, 0.25) is 0 Å². The number of hydrogen-bond donors (Lipinski definition) is 1. The topological polar surface area (TPSA) is 53.2 Å². The molecule has 0 spiro atoms. The maximum atomic E-state index is 9.57. The van der Waals surface area contributed by atoms with E-state index in [4.69, 9.17) is 10.00 Å². The van der Waals surface area contributed by atoms with E-state index in [1.165, 1.54) is 6.07 Å². The van der Waals surface area contributed by atoms with Gasteiger partial charge in [-0.2, -0.15) is 5.26 Å². The third-order valence-electron chi connectivity index (χ3n) is 2.45. The van der Waals surface area contributed by atoms with Gasteiger partial charge in [-0.05, 0) is 35.4 Å². The Hall–Kier alpha value is -2.47. The summed E-state index contributed by atoms with van der Waals surface area (Å²) in [7, 11) is 1.55. The zero-order chi connectivity index (χ0) is 12.3. The maximum absolute atomic E-state index is 9.57. The van der Waals surface area contributed by atoms with Crippen molar-refractivity contribution in [2.24, 2.45) is 0 Å². The van der Waals surface area contributed by atoms with E-state index in [0.717, 1.165) is 11.1 Å². The quantitative estimate of drug-likeness (QED) is 0.854. The minimum Gasteiger partial charge on any atom is -0.508 e. The second-order valence-corrected chi connectivity index (χ2v) is 3.61. The molecule has 3 nitrogen and oxygen atoms in total. The molecule has 0 bridgehead atoms. The third kappa shape index (κ3) is 2.37. The fourth-order valence-electron chi connectivity index (χ4n) is 1.64. The third-order valence-corrected chi connectivity index (χ3v) is 2.45. The van der Waals surface area contributed by atoms with Crippen LogP contribution in [-0.2, 0) is 0 Å². The fraction of sp³-hybridized carbons (Fsp3) is 0.0714. The van der Waals surface area contributed by atoms with Gasteiger partial charge in [0.05, 0.1) is 18.7 Å². The highest BCUT2D eigenvalue weighted by Crippen LogP contribution is 2.29. The van der Waals surface area contributed by atoms with Crippen LogP contribution in [0.2, 0.25) is 0 Å². The SMILES string of the molecule is COc1cc(O)cc(-c2cccc(C#N)c2)c1. The lowest BCUT2D eigenvalue weighted by Crippen LogP contribution is -1.85. The van der Waals surface area contributed by atoms with Crippen LogP contribution < -0.4 is 4.74 Å². The zero-order valence-corrected chi connectivity index (χ0v) is 9.34. The minimum absolute atomic E-state index is 0.140. The van der Waals surface area contributed by atoms with E-state index < -0.39 is 0 Å². The number of aromatic hydroxyl groups is 1. The number of hydrogen-bond acceptors (Lipinski definition) is 3.